The number of amides is 3. The van der Waals surface area contributed by atoms with Crippen molar-refractivity contribution in [2.24, 2.45) is 5.92 Å². The number of thiophene rings is 1. The van der Waals surface area contributed by atoms with Crippen LogP contribution in [0.15, 0.2) is 23.6 Å². The van der Waals surface area contributed by atoms with E-state index in [1.807, 2.05) is 28.9 Å². The zero-order valence-electron chi connectivity index (χ0n) is 25.3. The molecule has 4 aliphatic heterocycles. The molecule has 3 fully saturated rings. The number of carbonyl (C=O) groups is 3. The third kappa shape index (κ3) is 7.52. The van der Waals surface area contributed by atoms with Gasteiger partial charge in [-0.15, -0.1) is 0 Å². The minimum atomic E-state index is -0.624. The predicted octanol–water partition coefficient (Wildman–Crippen LogP) is -1.88. The Kier molecular flexibility index (Phi) is 11.0. The zero-order valence-corrected chi connectivity index (χ0v) is 31.2. The van der Waals surface area contributed by atoms with Crippen LogP contribution in [0, 0.1) is 15.7 Å². The number of hydrogen-bond donors (Lipinski definition) is 1. The van der Waals surface area contributed by atoms with Crippen LogP contribution in [0.2, 0.25) is 5.02 Å². The molecule has 2 aromatic rings. The van der Waals surface area contributed by atoms with Crippen LogP contribution in [0.5, 0.6) is 0 Å². The fourth-order valence-electron chi connectivity index (χ4n) is 6.98. The summed E-state index contributed by atoms with van der Waals surface area (Å²) >= 11 is 7.93. The number of benzene rings is 1. The van der Waals surface area contributed by atoms with Gasteiger partial charge in [0.25, 0.3) is 0 Å². The van der Waals surface area contributed by atoms with Crippen LogP contribution in [0.4, 0.5) is 10.5 Å². The molecule has 12 heteroatoms. The Morgan fingerprint density at radius 1 is 1.02 bits per heavy atom. The fraction of sp³-hybridized carbons (Fsp3) is 0.594. The minimum Gasteiger partial charge on any atom is -0.397 e. The van der Waals surface area contributed by atoms with Gasteiger partial charge in [-0.2, -0.15) is 0 Å². The van der Waals surface area contributed by atoms with Crippen molar-refractivity contribution >= 4 is 44.4 Å². The molecule has 1 aromatic carbocycles. The molecule has 8 nitrogen and oxygen atoms in total. The summed E-state index contributed by atoms with van der Waals surface area (Å²) in [7, 11) is 0. The van der Waals surface area contributed by atoms with Gasteiger partial charge in [-0.25, -0.2) is 0 Å². The quantitative estimate of drug-likeness (QED) is 0.116. The van der Waals surface area contributed by atoms with Gasteiger partial charge in [-0.1, -0.05) is 11.6 Å². The van der Waals surface area contributed by atoms with E-state index in [1.54, 1.807) is 11.3 Å². The van der Waals surface area contributed by atoms with Gasteiger partial charge in [0.05, 0.1) is 10.7 Å². The number of aryl methyl sites for hydroxylation is 1. The Morgan fingerprint density at radius 3 is 2.45 bits per heavy atom. The maximum absolute atomic E-state index is 14.1. The van der Waals surface area contributed by atoms with Crippen LogP contribution >= 0.6 is 22.9 Å². The molecule has 0 bridgehead atoms. The summed E-state index contributed by atoms with van der Waals surface area (Å²) in [4.78, 5) is 49.3. The summed E-state index contributed by atoms with van der Waals surface area (Å²) in [6.45, 7) is 7.15. The topological polar surface area (TPSA) is 90.2 Å². The number of alkyl halides is 2. The monoisotopic (exact) mass is 865 g/mol. The number of likely N-dealkylation sites (tertiary alicyclic amines) is 1. The van der Waals surface area contributed by atoms with Gasteiger partial charge in [0.15, 0.2) is 0 Å². The molecule has 0 aliphatic carbocycles. The van der Waals surface area contributed by atoms with Crippen molar-refractivity contribution in [1.29, 1.82) is 0 Å². The third-order valence-corrected chi connectivity index (χ3v) is 17.0. The van der Waals surface area contributed by atoms with E-state index in [0.29, 0.717) is 67.9 Å². The molecule has 1 aromatic heterocycles. The van der Waals surface area contributed by atoms with E-state index in [-0.39, 0.29) is 24.3 Å². The molecule has 0 unspecified atom stereocenters. The van der Waals surface area contributed by atoms with Crippen molar-refractivity contribution in [1.82, 2.24) is 19.6 Å². The normalized spacial score (nSPS) is 21.8. The molecule has 0 spiro atoms. The molecule has 3 amide bonds. The molecule has 4 aliphatic rings. The molecule has 0 radical (unpaired) electrons. The van der Waals surface area contributed by atoms with Crippen LogP contribution in [0.3, 0.4) is 0 Å². The number of halogens is 3. The summed E-state index contributed by atoms with van der Waals surface area (Å²) in [5, 5.41) is 2.59. The van der Waals surface area contributed by atoms with Gasteiger partial charge < -0.3 is 5.73 Å². The zero-order chi connectivity index (χ0) is 30.8. The van der Waals surface area contributed by atoms with E-state index < -0.39 is 27.1 Å². The molecule has 3 saturated heterocycles. The van der Waals surface area contributed by atoms with E-state index >= 15 is 0 Å². The summed E-state index contributed by atoms with van der Waals surface area (Å²) in [6, 6.07) is 6.86. The predicted molar refractivity (Wildman–Crippen MR) is 167 cm³/mol. The molecular weight excluding hydrogens is 824 g/mol. The first-order valence-corrected chi connectivity index (χ1v) is 22.1. The van der Waals surface area contributed by atoms with Gasteiger partial charge in [0.2, 0.25) is 0 Å². The molecule has 2 N–H and O–H groups in total. The van der Waals surface area contributed by atoms with E-state index in [9.17, 15) is 14.4 Å². The Bertz CT molecular complexity index is 1350. The number of hydrogen-bond acceptors (Lipinski definition) is 6. The summed E-state index contributed by atoms with van der Waals surface area (Å²) in [6.07, 6.45) is 4.85. The Labute approximate surface area is 290 Å². The number of nitrogens with two attached hydrogens (primary N) is 1. The van der Waals surface area contributed by atoms with Crippen LogP contribution in [0.25, 0.3) is 0 Å². The van der Waals surface area contributed by atoms with Gasteiger partial charge in [0, 0.05) is 0 Å². The summed E-state index contributed by atoms with van der Waals surface area (Å²) < 4.78 is 4.43. The average molecular weight is 866 g/mol. The average Bonchev–Trinajstić information content (AvgIpc) is 3.50. The SMILES string of the molecule is Cc1cc(C[C@@H](CC(=O)N2CCC(N3Cc4ccsc4[I-]C3=O)CC2)C(=O)N2CCN(C3CC[I-]CC3)CC2)cc(Cl)c1N. The molecule has 1 atom stereocenters. The number of piperazine rings is 1. The van der Waals surface area contributed by atoms with Gasteiger partial charge in [0.1, 0.15) is 0 Å². The second kappa shape index (κ2) is 14.7. The number of anilines is 1. The second-order valence-corrected chi connectivity index (χ2v) is 20.2. The minimum absolute atomic E-state index is 0.0294. The number of nitrogens with zero attached hydrogens (tertiary/aromatic N) is 4. The molecule has 0 saturated carbocycles. The van der Waals surface area contributed by atoms with E-state index in [4.69, 9.17) is 17.3 Å². The van der Waals surface area contributed by atoms with Crippen LogP contribution in [-0.2, 0) is 22.6 Å². The summed E-state index contributed by atoms with van der Waals surface area (Å²) in [5.74, 6) is -0.347. The first-order chi connectivity index (χ1) is 21.3. The van der Waals surface area contributed by atoms with Crippen molar-refractivity contribution in [3.8, 4) is 0 Å². The maximum atomic E-state index is 14.1. The van der Waals surface area contributed by atoms with Gasteiger partial charge in [-0.3, -0.25) is 0 Å². The molecule has 6 rings (SSSR count). The molecule has 44 heavy (non-hydrogen) atoms. The van der Waals surface area contributed by atoms with Gasteiger partial charge in [-0.05, 0) is 12.5 Å². The van der Waals surface area contributed by atoms with Crippen molar-refractivity contribution in [2.75, 3.05) is 53.9 Å². The second-order valence-electron chi connectivity index (χ2n) is 12.4. The number of nitrogen functional groups attached to an aromatic ring is 1. The smallest absolute Gasteiger partial charge is 0.397 e. The van der Waals surface area contributed by atoms with Gasteiger partial charge >= 0.3 is 252 Å². The van der Waals surface area contributed by atoms with E-state index in [0.717, 1.165) is 50.1 Å². The molecule has 5 heterocycles. The fourth-order valence-corrected chi connectivity index (χ4v) is 14.1. The van der Waals surface area contributed by atoms with Crippen LogP contribution < -0.4 is 48.1 Å². The first kappa shape index (κ1) is 32.8. The third-order valence-electron chi connectivity index (χ3n) is 9.63. The Balaban J connectivity index is 1.09. The van der Waals surface area contributed by atoms with Crippen LogP contribution in [-0.4, -0.2) is 95.5 Å². The Morgan fingerprint density at radius 2 is 1.75 bits per heavy atom. The number of piperidine rings is 1. The van der Waals surface area contributed by atoms with Crippen molar-refractivity contribution in [3.63, 3.8) is 0 Å². The van der Waals surface area contributed by atoms with E-state index in [2.05, 4.69) is 21.2 Å². The number of carbonyl (C=O) groups excluding carboxylic acids is 3. The Hall–Kier alpha value is -1.16. The summed E-state index contributed by atoms with van der Waals surface area (Å²) in [5.41, 5.74) is 9.80. The van der Waals surface area contributed by atoms with Crippen LogP contribution in [0.1, 0.15) is 48.8 Å². The van der Waals surface area contributed by atoms with E-state index in [1.165, 1.54) is 30.1 Å². The molecule has 242 valence electrons. The number of rotatable bonds is 7. The van der Waals surface area contributed by atoms with Crippen molar-refractivity contribution in [3.05, 3.63) is 48.2 Å². The standard InChI is InChI=1S/C32H42ClI2N5O3S/c1-21-16-22(18-27(33)29(21)36)17-24(31(42)39-13-11-37(12-14-39)25-2-7-34-8-3-25)19-28(41)38-9-4-26(5-10-38)40-20-23-6-15-44-30(23)35-32(40)43/h6,15-16,18,24-26H,2-5,7-14,17,19-20,36H2,1H3/q-2/t24-/m0/s1. The van der Waals surface area contributed by atoms with Crippen molar-refractivity contribution < 1.29 is 56.8 Å². The number of fused-ring (bicyclic) bond motifs is 1. The van der Waals surface area contributed by atoms with Crippen molar-refractivity contribution in [2.45, 2.75) is 64.1 Å². The molecular formula is C32H42ClI2N5O3S-2. The first-order valence-electron chi connectivity index (χ1n) is 15.7.